The van der Waals surface area contributed by atoms with Crippen molar-refractivity contribution in [3.05, 3.63) is 109 Å². The van der Waals surface area contributed by atoms with E-state index in [1.807, 2.05) is 55.8 Å². The maximum atomic E-state index is 5.01. The van der Waals surface area contributed by atoms with Crippen LogP contribution in [0.4, 0.5) is 0 Å². The Balaban J connectivity index is 1.49. The van der Waals surface area contributed by atoms with Crippen LogP contribution in [0, 0.1) is 13.8 Å². The highest BCUT2D eigenvalue weighted by atomic mass is 15.1. The molecule has 0 N–H and O–H groups in total. The van der Waals surface area contributed by atoms with Gasteiger partial charge in [0.05, 0.1) is 17.6 Å². The van der Waals surface area contributed by atoms with E-state index in [2.05, 4.69) is 73.6 Å². The molecule has 164 valence electrons. The molecule has 0 spiro atoms. The average Bonchev–Trinajstić information content (AvgIpc) is 3.50. The molecule has 6 nitrogen and oxygen atoms in total. The van der Waals surface area contributed by atoms with Crippen LogP contribution < -0.4 is 0 Å². The predicted octanol–water partition coefficient (Wildman–Crippen LogP) is 5.95. The molecule has 6 rings (SSSR count). The van der Waals surface area contributed by atoms with Gasteiger partial charge in [-0.15, -0.1) is 0 Å². The summed E-state index contributed by atoms with van der Waals surface area (Å²) >= 11 is 0. The molecule has 0 aliphatic rings. The predicted molar refractivity (Wildman–Crippen MR) is 134 cm³/mol. The van der Waals surface area contributed by atoms with E-state index in [-0.39, 0.29) is 0 Å². The molecule has 0 atom stereocenters. The summed E-state index contributed by atoms with van der Waals surface area (Å²) in [4.78, 5) is 18.6. The maximum absolute atomic E-state index is 5.01. The lowest BCUT2D eigenvalue weighted by Gasteiger charge is -2.12. The maximum Gasteiger partial charge on any atom is 0.145 e. The minimum absolute atomic E-state index is 0.820. The quantitative estimate of drug-likeness (QED) is 0.338. The molecular formula is C28H22N6. The number of aryl methyl sites for hydroxylation is 2. The monoisotopic (exact) mass is 442 g/mol. The molecule has 1 aromatic carbocycles. The van der Waals surface area contributed by atoms with E-state index in [4.69, 9.17) is 4.98 Å². The van der Waals surface area contributed by atoms with Gasteiger partial charge in [-0.1, -0.05) is 6.07 Å². The zero-order valence-corrected chi connectivity index (χ0v) is 18.9. The summed E-state index contributed by atoms with van der Waals surface area (Å²) in [6, 6.07) is 22.5. The van der Waals surface area contributed by atoms with E-state index in [0.29, 0.717) is 0 Å². The van der Waals surface area contributed by atoms with Crippen molar-refractivity contribution < 1.29 is 0 Å². The largest absolute Gasteiger partial charge is 0.301 e. The molecule has 6 aromatic rings. The molecule has 0 fully saturated rings. The molecule has 0 saturated carbocycles. The van der Waals surface area contributed by atoms with Crippen LogP contribution in [0.3, 0.4) is 0 Å². The van der Waals surface area contributed by atoms with Crippen LogP contribution in [0.1, 0.15) is 11.3 Å². The fourth-order valence-electron chi connectivity index (χ4n) is 4.23. The SMILES string of the molecule is Cc1ccc(-n2cc(-c3ccccn3)nc2-c2ccc(-n3ccc4cccnc43)cc2C)cn1. The van der Waals surface area contributed by atoms with Gasteiger partial charge in [0, 0.05) is 47.1 Å². The third-order valence-electron chi connectivity index (χ3n) is 5.98. The summed E-state index contributed by atoms with van der Waals surface area (Å²) in [6.07, 6.45) is 9.58. The zero-order chi connectivity index (χ0) is 23.1. The fourth-order valence-corrected chi connectivity index (χ4v) is 4.23. The van der Waals surface area contributed by atoms with Gasteiger partial charge in [0.1, 0.15) is 17.2 Å². The summed E-state index contributed by atoms with van der Waals surface area (Å²) in [6.45, 7) is 4.10. The van der Waals surface area contributed by atoms with Crippen LogP contribution in [0.25, 0.3) is 45.2 Å². The first-order valence-corrected chi connectivity index (χ1v) is 11.1. The smallest absolute Gasteiger partial charge is 0.145 e. The molecule has 0 amide bonds. The number of imidazole rings is 1. The highest BCUT2D eigenvalue weighted by Crippen LogP contribution is 2.31. The summed E-state index contributed by atoms with van der Waals surface area (Å²) in [5.74, 6) is 0.853. The first-order valence-electron chi connectivity index (χ1n) is 11.1. The minimum Gasteiger partial charge on any atom is -0.301 e. The standard InChI is InChI=1S/C28H22N6/c1-19-16-22(33-15-12-21-6-5-14-30-27(21)33)10-11-24(19)28-32-26(25-7-3-4-13-29-25)18-34(28)23-9-8-20(2)31-17-23/h3-18H,1-2H3. The fraction of sp³-hybridized carbons (Fsp3) is 0.0714. The molecule has 0 aliphatic carbocycles. The molecular weight excluding hydrogens is 420 g/mol. The van der Waals surface area contributed by atoms with E-state index in [0.717, 1.165) is 56.4 Å². The van der Waals surface area contributed by atoms with E-state index < -0.39 is 0 Å². The van der Waals surface area contributed by atoms with Gasteiger partial charge in [0.2, 0.25) is 0 Å². The highest BCUT2D eigenvalue weighted by molar-refractivity contribution is 5.78. The Morgan fingerprint density at radius 2 is 1.59 bits per heavy atom. The number of hydrogen-bond acceptors (Lipinski definition) is 4. The topological polar surface area (TPSA) is 61.4 Å². The summed E-state index contributed by atoms with van der Waals surface area (Å²) in [5.41, 5.74) is 7.77. The van der Waals surface area contributed by atoms with Gasteiger partial charge >= 0.3 is 0 Å². The number of hydrogen-bond donors (Lipinski definition) is 0. The van der Waals surface area contributed by atoms with Gasteiger partial charge in [0.25, 0.3) is 0 Å². The summed E-state index contributed by atoms with van der Waals surface area (Å²) in [5, 5.41) is 1.12. The lowest BCUT2D eigenvalue weighted by molar-refractivity contribution is 1.03. The third-order valence-corrected chi connectivity index (χ3v) is 5.98. The molecule has 0 radical (unpaired) electrons. The van der Waals surface area contributed by atoms with Gasteiger partial charge in [-0.2, -0.15) is 0 Å². The van der Waals surface area contributed by atoms with Crippen molar-refractivity contribution in [2.75, 3.05) is 0 Å². The molecule has 0 aliphatic heterocycles. The van der Waals surface area contributed by atoms with Gasteiger partial charge in [-0.3, -0.25) is 14.5 Å². The number of benzene rings is 1. The van der Waals surface area contributed by atoms with Crippen molar-refractivity contribution in [3.8, 4) is 34.2 Å². The number of fused-ring (bicyclic) bond motifs is 1. The normalized spacial score (nSPS) is 11.2. The Hall–Kier alpha value is -4.58. The van der Waals surface area contributed by atoms with Crippen molar-refractivity contribution >= 4 is 11.0 Å². The van der Waals surface area contributed by atoms with Crippen molar-refractivity contribution in [3.63, 3.8) is 0 Å². The van der Waals surface area contributed by atoms with Crippen LogP contribution >= 0.6 is 0 Å². The van der Waals surface area contributed by atoms with Crippen molar-refractivity contribution in [2.24, 2.45) is 0 Å². The molecule has 34 heavy (non-hydrogen) atoms. The molecule has 5 aromatic heterocycles. The first kappa shape index (κ1) is 20.1. The second kappa shape index (κ2) is 8.08. The number of pyridine rings is 3. The Morgan fingerprint density at radius 1 is 0.706 bits per heavy atom. The number of rotatable bonds is 4. The highest BCUT2D eigenvalue weighted by Gasteiger charge is 2.16. The van der Waals surface area contributed by atoms with Crippen molar-refractivity contribution in [1.29, 1.82) is 0 Å². The summed E-state index contributed by atoms with van der Waals surface area (Å²) < 4.78 is 4.20. The molecule has 0 unspecified atom stereocenters. The van der Waals surface area contributed by atoms with Crippen molar-refractivity contribution in [2.45, 2.75) is 13.8 Å². The Kier molecular flexibility index (Phi) is 4.77. The van der Waals surface area contributed by atoms with Gasteiger partial charge in [-0.25, -0.2) is 9.97 Å². The van der Waals surface area contributed by atoms with Crippen molar-refractivity contribution in [1.82, 2.24) is 29.1 Å². The van der Waals surface area contributed by atoms with Crippen LogP contribution in [-0.4, -0.2) is 29.1 Å². The van der Waals surface area contributed by atoms with Gasteiger partial charge in [-0.05, 0) is 80.1 Å². The van der Waals surface area contributed by atoms with Crippen LogP contribution in [0.15, 0.2) is 97.7 Å². The van der Waals surface area contributed by atoms with Gasteiger partial charge < -0.3 is 4.57 Å². The van der Waals surface area contributed by atoms with E-state index in [1.54, 1.807) is 6.20 Å². The Bertz CT molecular complexity index is 1610. The van der Waals surface area contributed by atoms with Gasteiger partial charge in [0.15, 0.2) is 0 Å². The number of nitrogens with zero attached hydrogens (tertiary/aromatic N) is 6. The number of aromatic nitrogens is 6. The minimum atomic E-state index is 0.820. The molecule has 0 bridgehead atoms. The Morgan fingerprint density at radius 3 is 2.38 bits per heavy atom. The zero-order valence-electron chi connectivity index (χ0n) is 18.9. The van der Waals surface area contributed by atoms with E-state index in [9.17, 15) is 0 Å². The van der Waals surface area contributed by atoms with Crippen LogP contribution in [0.2, 0.25) is 0 Å². The third kappa shape index (κ3) is 3.46. The second-order valence-corrected chi connectivity index (χ2v) is 8.29. The average molecular weight is 443 g/mol. The first-order chi connectivity index (χ1) is 16.7. The van der Waals surface area contributed by atoms with E-state index >= 15 is 0 Å². The second-order valence-electron chi connectivity index (χ2n) is 8.29. The summed E-state index contributed by atoms with van der Waals surface area (Å²) in [7, 11) is 0. The molecule has 0 saturated heterocycles. The molecule has 5 heterocycles. The lowest BCUT2D eigenvalue weighted by atomic mass is 10.1. The lowest BCUT2D eigenvalue weighted by Crippen LogP contribution is -2.00. The van der Waals surface area contributed by atoms with E-state index in [1.165, 1.54) is 0 Å². The van der Waals surface area contributed by atoms with Crippen LogP contribution in [-0.2, 0) is 0 Å². The Labute approximate surface area is 197 Å². The van der Waals surface area contributed by atoms with Crippen LogP contribution in [0.5, 0.6) is 0 Å². The molecule has 6 heteroatoms.